The molecule has 0 fully saturated rings. The summed E-state index contributed by atoms with van der Waals surface area (Å²) in [5.41, 5.74) is 5.12. The fraction of sp³-hybridized carbons (Fsp3) is 0.346. The lowest BCUT2D eigenvalue weighted by atomic mass is 9.96. The zero-order valence-electron chi connectivity index (χ0n) is 18.8. The van der Waals surface area contributed by atoms with Crippen LogP contribution in [0.2, 0.25) is 0 Å². The normalized spacial score (nSPS) is 11.8. The second-order valence-electron chi connectivity index (χ2n) is 7.99. The first-order chi connectivity index (χ1) is 15.7. The molecule has 4 aromatic rings. The van der Waals surface area contributed by atoms with Crippen molar-refractivity contribution >= 4 is 21.4 Å². The lowest BCUT2D eigenvalue weighted by Crippen LogP contribution is -2.03. The number of nitrogens with zero attached hydrogens (tertiary/aromatic N) is 3. The van der Waals surface area contributed by atoms with Crippen molar-refractivity contribution < 1.29 is 4.74 Å². The second-order valence-corrected chi connectivity index (χ2v) is 8.87. The number of nitrogens with one attached hydrogen (secondary N) is 1. The molecule has 1 unspecified atom stereocenters. The molecule has 2 aromatic heterocycles. The van der Waals surface area contributed by atoms with Gasteiger partial charge in [-0.25, -0.2) is 0 Å². The van der Waals surface area contributed by atoms with Gasteiger partial charge in [0.25, 0.3) is 0 Å². The molecule has 6 heteroatoms. The quantitative estimate of drug-likeness (QED) is 0.322. The Kier molecular flexibility index (Phi) is 7.18. The Bertz CT molecular complexity index is 1220. The first-order valence-corrected chi connectivity index (χ1v) is 11.9. The summed E-state index contributed by atoms with van der Waals surface area (Å²) in [6.45, 7) is 6.84. The Morgan fingerprint density at radius 3 is 2.75 bits per heavy atom. The second kappa shape index (κ2) is 10.4. The molecule has 2 heterocycles. The van der Waals surface area contributed by atoms with E-state index in [9.17, 15) is 0 Å². The minimum Gasteiger partial charge on any atom is -0.489 e. The number of thiophene rings is 1. The summed E-state index contributed by atoms with van der Waals surface area (Å²) in [5.74, 6) is 7.79. The molecule has 0 spiro atoms. The van der Waals surface area contributed by atoms with Crippen LogP contribution in [-0.2, 0) is 19.4 Å². The summed E-state index contributed by atoms with van der Waals surface area (Å²) in [5, 5.41) is 17.9. The minimum absolute atomic E-state index is 0.0249. The smallest absolute Gasteiger partial charge is 0.176 e. The van der Waals surface area contributed by atoms with Gasteiger partial charge in [0.15, 0.2) is 5.82 Å². The van der Waals surface area contributed by atoms with Gasteiger partial charge in [0.1, 0.15) is 12.4 Å². The molecule has 5 nitrogen and oxygen atoms in total. The number of aromatic amines is 1. The van der Waals surface area contributed by atoms with Crippen molar-refractivity contribution in [2.45, 2.75) is 59.0 Å². The highest BCUT2D eigenvalue weighted by Crippen LogP contribution is 2.32. The number of ether oxygens (including phenoxy) is 1. The van der Waals surface area contributed by atoms with Crippen LogP contribution in [0.5, 0.6) is 5.75 Å². The summed E-state index contributed by atoms with van der Waals surface area (Å²) < 4.78 is 7.52. The molecule has 0 aliphatic carbocycles. The zero-order valence-corrected chi connectivity index (χ0v) is 19.6. The maximum atomic E-state index is 6.12. The predicted molar refractivity (Wildman–Crippen MR) is 130 cm³/mol. The standard InChI is InChI=1S/C26H28N4OS/c1-4-6-8-22-17-32-26-18(3)13-19(14-24(22)26)16-31-23-11-9-20(10-12-23)21(7-5-2)15-25-27-29-30-28-25/h9-14,17,21H,4,6,8,15-16H2,1-3H3,(H,27,28,29,30). The molecule has 0 bridgehead atoms. The Morgan fingerprint density at radius 1 is 1.19 bits per heavy atom. The molecule has 0 saturated heterocycles. The van der Waals surface area contributed by atoms with E-state index in [4.69, 9.17) is 4.74 Å². The summed E-state index contributed by atoms with van der Waals surface area (Å²) in [6, 6.07) is 12.7. The molecule has 0 saturated carbocycles. The van der Waals surface area contributed by atoms with Crippen molar-refractivity contribution in [2.75, 3.05) is 0 Å². The number of tetrazole rings is 1. The van der Waals surface area contributed by atoms with Gasteiger partial charge in [-0.15, -0.1) is 27.5 Å². The average Bonchev–Trinajstić information content (AvgIpc) is 3.46. The van der Waals surface area contributed by atoms with Gasteiger partial charge in [-0.1, -0.05) is 42.7 Å². The van der Waals surface area contributed by atoms with E-state index in [2.05, 4.69) is 76.0 Å². The first-order valence-electron chi connectivity index (χ1n) is 11.0. The van der Waals surface area contributed by atoms with Crippen LogP contribution in [-0.4, -0.2) is 20.6 Å². The molecular weight excluding hydrogens is 416 g/mol. The van der Waals surface area contributed by atoms with Gasteiger partial charge in [-0.3, -0.25) is 0 Å². The third-order valence-electron chi connectivity index (χ3n) is 5.58. The maximum absolute atomic E-state index is 6.12. The maximum Gasteiger partial charge on any atom is 0.176 e. The molecule has 32 heavy (non-hydrogen) atoms. The Balaban J connectivity index is 1.45. The van der Waals surface area contributed by atoms with E-state index in [1.165, 1.54) is 39.6 Å². The fourth-order valence-electron chi connectivity index (χ4n) is 3.92. The van der Waals surface area contributed by atoms with Gasteiger partial charge < -0.3 is 4.74 Å². The largest absolute Gasteiger partial charge is 0.489 e. The highest BCUT2D eigenvalue weighted by Gasteiger charge is 2.13. The van der Waals surface area contributed by atoms with Gasteiger partial charge in [0.2, 0.25) is 0 Å². The predicted octanol–water partition coefficient (Wildman–Crippen LogP) is 5.99. The average molecular weight is 445 g/mol. The van der Waals surface area contributed by atoms with Gasteiger partial charge >= 0.3 is 0 Å². The van der Waals surface area contributed by atoms with Crippen molar-refractivity contribution in [1.29, 1.82) is 0 Å². The number of benzene rings is 2. The highest BCUT2D eigenvalue weighted by molar-refractivity contribution is 7.17. The van der Waals surface area contributed by atoms with Crippen LogP contribution in [0.25, 0.3) is 10.1 Å². The molecule has 0 amide bonds. The van der Waals surface area contributed by atoms with Crippen LogP contribution < -0.4 is 4.74 Å². The number of H-pyrrole nitrogens is 1. The third kappa shape index (κ3) is 5.17. The number of fused-ring (bicyclic) bond motifs is 1. The Hall–Kier alpha value is -3.17. The van der Waals surface area contributed by atoms with E-state index in [1.807, 2.05) is 30.4 Å². The van der Waals surface area contributed by atoms with E-state index in [1.54, 1.807) is 0 Å². The molecule has 4 rings (SSSR count). The first kappa shape index (κ1) is 22.0. The number of aryl methyl sites for hydroxylation is 2. The molecular formula is C26H28N4OS. The summed E-state index contributed by atoms with van der Waals surface area (Å²) >= 11 is 1.86. The van der Waals surface area contributed by atoms with E-state index in [0.717, 1.165) is 17.7 Å². The number of hydrogen-bond donors (Lipinski definition) is 1. The molecule has 0 aliphatic rings. The van der Waals surface area contributed by atoms with Gasteiger partial charge in [0.05, 0.1) is 5.92 Å². The van der Waals surface area contributed by atoms with Crippen molar-refractivity contribution in [2.24, 2.45) is 0 Å². The zero-order chi connectivity index (χ0) is 22.3. The Labute approximate surface area is 193 Å². The monoisotopic (exact) mass is 444 g/mol. The number of unbranched alkanes of at least 4 members (excludes halogenated alkanes) is 1. The van der Waals surface area contributed by atoms with Crippen molar-refractivity contribution in [3.05, 3.63) is 69.9 Å². The molecule has 1 N–H and O–H groups in total. The number of rotatable bonds is 9. The van der Waals surface area contributed by atoms with Gasteiger partial charge in [-0.2, -0.15) is 5.21 Å². The molecule has 0 aliphatic heterocycles. The van der Waals surface area contributed by atoms with E-state index < -0.39 is 0 Å². The topological polar surface area (TPSA) is 63.7 Å². The van der Waals surface area contributed by atoms with Crippen molar-refractivity contribution in [3.8, 4) is 17.6 Å². The van der Waals surface area contributed by atoms with Crippen LogP contribution in [0.4, 0.5) is 0 Å². The number of hydrogen-bond acceptors (Lipinski definition) is 5. The van der Waals surface area contributed by atoms with Crippen molar-refractivity contribution in [3.63, 3.8) is 0 Å². The minimum atomic E-state index is 0.0249. The molecule has 2 aromatic carbocycles. The van der Waals surface area contributed by atoms with Crippen LogP contribution in [0.3, 0.4) is 0 Å². The van der Waals surface area contributed by atoms with Gasteiger partial charge in [-0.05, 0) is 77.9 Å². The summed E-state index contributed by atoms with van der Waals surface area (Å²) in [4.78, 5) is 0. The summed E-state index contributed by atoms with van der Waals surface area (Å²) in [6.07, 6.45) is 4.22. The highest BCUT2D eigenvalue weighted by atomic mass is 32.1. The Morgan fingerprint density at radius 2 is 2.03 bits per heavy atom. The van der Waals surface area contributed by atoms with Gasteiger partial charge in [0, 0.05) is 11.1 Å². The van der Waals surface area contributed by atoms with Crippen molar-refractivity contribution in [1.82, 2.24) is 20.6 Å². The number of aromatic nitrogens is 4. The molecule has 164 valence electrons. The van der Waals surface area contributed by atoms with E-state index in [0.29, 0.717) is 18.9 Å². The lowest BCUT2D eigenvalue weighted by Gasteiger charge is -2.12. The molecule has 0 radical (unpaired) electrons. The van der Waals surface area contributed by atoms with E-state index in [-0.39, 0.29) is 5.92 Å². The van der Waals surface area contributed by atoms with Crippen LogP contribution in [0, 0.1) is 18.8 Å². The SMILES string of the molecule is CC#CC(Cc1nn[nH]n1)c1ccc(OCc2cc(C)c3scc(CCCC)c3c2)cc1. The van der Waals surface area contributed by atoms with Crippen LogP contribution in [0.15, 0.2) is 41.8 Å². The van der Waals surface area contributed by atoms with E-state index >= 15 is 0 Å². The lowest BCUT2D eigenvalue weighted by molar-refractivity contribution is 0.306. The summed E-state index contributed by atoms with van der Waals surface area (Å²) in [7, 11) is 0. The molecule has 1 atom stereocenters. The fourth-order valence-corrected chi connectivity index (χ4v) is 4.99. The van der Waals surface area contributed by atoms with Crippen LogP contribution in [0.1, 0.15) is 60.7 Å². The van der Waals surface area contributed by atoms with Crippen LogP contribution >= 0.6 is 11.3 Å². The third-order valence-corrected chi connectivity index (χ3v) is 6.76.